The standard InChI is InChI=1S/C17H18O/c18-15-9-3-1-7-14(12-15)17-11-5-8-13-6-2-4-10-16(13)17/h2,4-6,8,10-11,14H,1,3,7,9,12H2/t14-/m0/s1. The van der Waals surface area contributed by atoms with Crippen molar-refractivity contribution >= 4 is 16.6 Å². The number of ketones is 1. The van der Waals surface area contributed by atoms with E-state index in [0.29, 0.717) is 11.7 Å². The van der Waals surface area contributed by atoms with Crippen LogP contribution in [0.2, 0.25) is 0 Å². The second kappa shape index (κ2) is 4.93. The first-order valence-corrected chi connectivity index (χ1v) is 6.84. The van der Waals surface area contributed by atoms with E-state index < -0.39 is 0 Å². The van der Waals surface area contributed by atoms with Gasteiger partial charge < -0.3 is 0 Å². The molecule has 1 aliphatic carbocycles. The maximum absolute atomic E-state index is 11.8. The molecule has 1 aliphatic rings. The summed E-state index contributed by atoms with van der Waals surface area (Å²) < 4.78 is 0. The summed E-state index contributed by atoms with van der Waals surface area (Å²) in [4.78, 5) is 11.8. The first-order chi connectivity index (χ1) is 8.84. The zero-order chi connectivity index (χ0) is 12.4. The molecule has 0 unspecified atom stereocenters. The molecule has 3 rings (SSSR count). The van der Waals surface area contributed by atoms with E-state index in [4.69, 9.17) is 0 Å². The molecule has 1 atom stereocenters. The predicted octanol–water partition coefficient (Wildman–Crippen LogP) is 4.46. The molecular formula is C17H18O. The minimum atomic E-state index is 0.422. The molecule has 2 aromatic carbocycles. The number of rotatable bonds is 1. The lowest BCUT2D eigenvalue weighted by Crippen LogP contribution is -2.04. The summed E-state index contributed by atoms with van der Waals surface area (Å²) in [7, 11) is 0. The van der Waals surface area contributed by atoms with Crippen molar-refractivity contribution in [3.05, 3.63) is 48.0 Å². The van der Waals surface area contributed by atoms with Crippen LogP contribution in [0.15, 0.2) is 42.5 Å². The third-order valence-corrected chi connectivity index (χ3v) is 4.00. The highest BCUT2D eigenvalue weighted by atomic mass is 16.1. The van der Waals surface area contributed by atoms with Crippen molar-refractivity contribution in [3.63, 3.8) is 0 Å². The maximum atomic E-state index is 11.8. The van der Waals surface area contributed by atoms with Gasteiger partial charge in [-0.2, -0.15) is 0 Å². The van der Waals surface area contributed by atoms with Crippen molar-refractivity contribution < 1.29 is 4.79 Å². The second-order valence-corrected chi connectivity index (χ2v) is 5.25. The lowest BCUT2D eigenvalue weighted by Gasteiger charge is -2.16. The number of Topliss-reactive ketones (excluding diaryl/α,β-unsaturated/α-hetero) is 1. The Morgan fingerprint density at radius 2 is 1.78 bits per heavy atom. The van der Waals surface area contributed by atoms with Crippen molar-refractivity contribution in [1.29, 1.82) is 0 Å². The lowest BCUT2D eigenvalue weighted by molar-refractivity contribution is -0.119. The van der Waals surface area contributed by atoms with Crippen LogP contribution in [0.25, 0.3) is 10.8 Å². The number of hydrogen-bond donors (Lipinski definition) is 0. The average molecular weight is 238 g/mol. The van der Waals surface area contributed by atoms with Crippen molar-refractivity contribution in [3.8, 4) is 0 Å². The summed E-state index contributed by atoms with van der Waals surface area (Å²) in [5, 5.41) is 2.60. The molecule has 0 aromatic heterocycles. The Morgan fingerprint density at radius 3 is 2.72 bits per heavy atom. The highest BCUT2D eigenvalue weighted by Crippen LogP contribution is 2.34. The highest BCUT2D eigenvalue weighted by molar-refractivity contribution is 5.87. The largest absolute Gasteiger partial charge is 0.300 e. The summed E-state index contributed by atoms with van der Waals surface area (Å²) in [6, 6.07) is 15.0. The molecule has 0 saturated heterocycles. The minimum Gasteiger partial charge on any atom is -0.300 e. The third kappa shape index (κ3) is 2.17. The zero-order valence-electron chi connectivity index (χ0n) is 10.6. The van der Waals surface area contributed by atoms with Crippen molar-refractivity contribution in [1.82, 2.24) is 0 Å². The van der Waals surface area contributed by atoms with Gasteiger partial charge in [0.1, 0.15) is 5.78 Å². The van der Waals surface area contributed by atoms with Gasteiger partial charge in [-0.25, -0.2) is 0 Å². The molecule has 1 heteroatoms. The molecule has 0 bridgehead atoms. The summed E-state index contributed by atoms with van der Waals surface area (Å²) in [6.07, 6.45) is 4.91. The number of benzene rings is 2. The van der Waals surface area contributed by atoms with Crippen LogP contribution >= 0.6 is 0 Å². The van der Waals surface area contributed by atoms with Gasteiger partial charge in [0.05, 0.1) is 0 Å². The van der Waals surface area contributed by atoms with Gasteiger partial charge in [0.25, 0.3) is 0 Å². The van der Waals surface area contributed by atoms with Crippen LogP contribution in [0.3, 0.4) is 0 Å². The fourth-order valence-corrected chi connectivity index (χ4v) is 3.06. The average Bonchev–Trinajstić information content (AvgIpc) is 2.63. The fourth-order valence-electron chi connectivity index (χ4n) is 3.06. The molecule has 0 heterocycles. The molecule has 1 saturated carbocycles. The van der Waals surface area contributed by atoms with Gasteiger partial charge in [-0.15, -0.1) is 0 Å². The van der Waals surface area contributed by atoms with Gasteiger partial charge in [0, 0.05) is 12.8 Å². The Balaban J connectivity index is 2.05. The molecule has 1 fully saturated rings. The Bertz CT molecular complexity index is 565. The van der Waals surface area contributed by atoms with Gasteiger partial charge in [-0.05, 0) is 35.1 Å². The van der Waals surface area contributed by atoms with E-state index in [1.807, 2.05) is 0 Å². The molecule has 0 aliphatic heterocycles. The van der Waals surface area contributed by atoms with E-state index in [2.05, 4.69) is 42.5 Å². The van der Waals surface area contributed by atoms with Crippen LogP contribution in [0.1, 0.15) is 43.6 Å². The normalized spacial score (nSPS) is 20.9. The zero-order valence-corrected chi connectivity index (χ0v) is 10.6. The van der Waals surface area contributed by atoms with Gasteiger partial charge in [0.15, 0.2) is 0 Å². The van der Waals surface area contributed by atoms with Gasteiger partial charge in [-0.3, -0.25) is 4.79 Å². The number of carbonyl (C=O) groups excluding carboxylic acids is 1. The molecular weight excluding hydrogens is 220 g/mol. The summed E-state index contributed by atoms with van der Waals surface area (Å²) in [5.41, 5.74) is 1.36. The summed E-state index contributed by atoms with van der Waals surface area (Å²) >= 11 is 0. The van der Waals surface area contributed by atoms with Crippen LogP contribution in [0.5, 0.6) is 0 Å². The molecule has 1 nitrogen and oxygen atoms in total. The quantitative estimate of drug-likeness (QED) is 0.670. The summed E-state index contributed by atoms with van der Waals surface area (Å²) in [5.74, 6) is 0.858. The van der Waals surface area contributed by atoms with Crippen LogP contribution in [-0.4, -0.2) is 5.78 Å². The van der Waals surface area contributed by atoms with E-state index >= 15 is 0 Å². The Hall–Kier alpha value is -1.63. The SMILES string of the molecule is O=C1CCCC[C@H](c2cccc3ccccc23)C1. The van der Waals surface area contributed by atoms with Crippen molar-refractivity contribution in [2.24, 2.45) is 0 Å². The van der Waals surface area contributed by atoms with Crippen molar-refractivity contribution in [2.75, 3.05) is 0 Å². The molecule has 0 radical (unpaired) electrons. The smallest absolute Gasteiger partial charge is 0.133 e. The fraction of sp³-hybridized carbons (Fsp3) is 0.353. The Morgan fingerprint density at radius 1 is 0.944 bits per heavy atom. The summed E-state index contributed by atoms with van der Waals surface area (Å²) in [6.45, 7) is 0. The van der Waals surface area contributed by atoms with Crippen LogP contribution in [0.4, 0.5) is 0 Å². The molecule has 0 spiro atoms. The number of fused-ring (bicyclic) bond motifs is 1. The van der Waals surface area contributed by atoms with E-state index in [1.54, 1.807) is 0 Å². The van der Waals surface area contributed by atoms with E-state index in [9.17, 15) is 4.79 Å². The Labute approximate surface area is 108 Å². The van der Waals surface area contributed by atoms with E-state index in [-0.39, 0.29) is 0 Å². The van der Waals surface area contributed by atoms with Gasteiger partial charge in [-0.1, -0.05) is 48.9 Å². The molecule has 92 valence electrons. The maximum Gasteiger partial charge on any atom is 0.133 e. The first-order valence-electron chi connectivity index (χ1n) is 6.84. The monoisotopic (exact) mass is 238 g/mol. The Kier molecular flexibility index (Phi) is 3.14. The first kappa shape index (κ1) is 11.5. The predicted molar refractivity (Wildman–Crippen MR) is 74.8 cm³/mol. The van der Waals surface area contributed by atoms with E-state index in [0.717, 1.165) is 25.7 Å². The van der Waals surface area contributed by atoms with E-state index in [1.165, 1.54) is 22.8 Å². The topological polar surface area (TPSA) is 17.1 Å². The third-order valence-electron chi connectivity index (χ3n) is 4.00. The molecule has 2 aromatic rings. The molecule has 0 N–H and O–H groups in total. The minimum absolute atomic E-state index is 0.422. The number of carbonyl (C=O) groups is 1. The van der Waals surface area contributed by atoms with Crippen LogP contribution in [-0.2, 0) is 4.79 Å². The molecule has 0 amide bonds. The van der Waals surface area contributed by atoms with Crippen molar-refractivity contribution in [2.45, 2.75) is 38.0 Å². The second-order valence-electron chi connectivity index (χ2n) is 5.25. The lowest BCUT2D eigenvalue weighted by atomic mass is 9.88. The van der Waals surface area contributed by atoms with Crippen LogP contribution < -0.4 is 0 Å². The van der Waals surface area contributed by atoms with Gasteiger partial charge in [0.2, 0.25) is 0 Å². The van der Waals surface area contributed by atoms with Crippen LogP contribution in [0, 0.1) is 0 Å². The number of hydrogen-bond acceptors (Lipinski definition) is 1. The molecule has 18 heavy (non-hydrogen) atoms. The highest BCUT2D eigenvalue weighted by Gasteiger charge is 2.20. The van der Waals surface area contributed by atoms with Gasteiger partial charge >= 0.3 is 0 Å².